The first-order valence-corrected chi connectivity index (χ1v) is 8.48. The van der Waals surface area contributed by atoms with Gasteiger partial charge >= 0.3 is 0 Å². The number of rotatable bonds is 4. The van der Waals surface area contributed by atoms with Crippen LogP contribution in [0.2, 0.25) is 0 Å². The summed E-state index contributed by atoms with van der Waals surface area (Å²) in [4.78, 5) is 0. The molecule has 118 valence electrons. The molecule has 3 heteroatoms. The molecule has 2 fully saturated rings. The van der Waals surface area contributed by atoms with Gasteiger partial charge in [0, 0.05) is 18.6 Å². The largest absolute Gasteiger partial charge is 0.366 e. The van der Waals surface area contributed by atoms with E-state index in [1.54, 1.807) is 0 Å². The minimum absolute atomic E-state index is 0.0420. The molecule has 1 unspecified atom stereocenters. The average Bonchev–Trinajstić information content (AvgIpc) is 2.37. The lowest BCUT2D eigenvalue weighted by atomic mass is 9.78. The predicted molar refractivity (Wildman–Crippen MR) is 85.1 cm³/mol. The zero-order valence-corrected chi connectivity index (χ0v) is 14.1. The molecule has 2 rings (SSSR count). The van der Waals surface area contributed by atoms with Crippen molar-refractivity contribution >= 4 is 0 Å². The van der Waals surface area contributed by atoms with Crippen molar-refractivity contribution in [3.63, 3.8) is 0 Å². The summed E-state index contributed by atoms with van der Waals surface area (Å²) < 4.78 is 6.65. The second-order valence-electron chi connectivity index (χ2n) is 7.86. The summed E-state index contributed by atoms with van der Waals surface area (Å²) in [6.07, 6.45) is 7.35. The second kappa shape index (κ2) is 6.33. The SMILES string of the molecule is CNC1CCC2(CC1)CNC(CCC(C)C)C(C)(C)O2. The molecule has 0 amide bonds. The van der Waals surface area contributed by atoms with Gasteiger partial charge in [-0.3, -0.25) is 0 Å². The first-order valence-electron chi connectivity index (χ1n) is 8.48. The predicted octanol–water partition coefficient (Wildman–Crippen LogP) is 3.09. The van der Waals surface area contributed by atoms with Gasteiger partial charge < -0.3 is 15.4 Å². The van der Waals surface area contributed by atoms with Gasteiger partial charge in [-0.1, -0.05) is 13.8 Å². The fourth-order valence-electron chi connectivity index (χ4n) is 3.88. The van der Waals surface area contributed by atoms with Gasteiger partial charge in [-0.05, 0) is 65.3 Å². The molecule has 2 aliphatic rings. The van der Waals surface area contributed by atoms with Gasteiger partial charge in [0.1, 0.15) is 0 Å². The van der Waals surface area contributed by atoms with Crippen molar-refractivity contribution in [3.05, 3.63) is 0 Å². The number of ether oxygens (including phenoxy) is 1. The highest BCUT2D eigenvalue weighted by Crippen LogP contribution is 2.39. The lowest BCUT2D eigenvalue weighted by Gasteiger charge is -2.52. The van der Waals surface area contributed by atoms with Gasteiger partial charge in [0.15, 0.2) is 0 Å². The summed E-state index contributed by atoms with van der Waals surface area (Å²) in [5.74, 6) is 0.773. The minimum atomic E-state index is -0.0420. The molecule has 1 heterocycles. The Morgan fingerprint density at radius 1 is 1.25 bits per heavy atom. The Balaban J connectivity index is 1.92. The first kappa shape index (κ1) is 16.3. The Bertz CT molecular complexity index is 306. The van der Waals surface area contributed by atoms with Crippen LogP contribution in [-0.4, -0.2) is 36.9 Å². The molecule has 1 aliphatic carbocycles. The minimum Gasteiger partial charge on any atom is -0.366 e. The van der Waals surface area contributed by atoms with Crippen LogP contribution in [0, 0.1) is 5.92 Å². The molecule has 0 radical (unpaired) electrons. The molecular weight excluding hydrogens is 248 g/mol. The van der Waals surface area contributed by atoms with E-state index in [2.05, 4.69) is 45.4 Å². The maximum absolute atomic E-state index is 6.65. The van der Waals surface area contributed by atoms with Crippen molar-refractivity contribution in [3.8, 4) is 0 Å². The van der Waals surface area contributed by atoms with Crippen molar-refractivity contribution in [2.24, 2.45) is 5.92 Å². The summed E-state index contributed by atoms with van der Waals surface area (Å²) in [6, 6.07) is 1.18. The second-order valence-corrected chi connectivity index (χ2v) is 7.86. The molecule has 0 aromatic carbocycles. The summed E-state index contributed by atoms with van der Waals surface area (Å²) in [7, 11) is 2.08. The summed E-state index contributed by atoms with van der Waals surface area (Å²) in [5.41, 5.74) is 0.0464. The topological polar surface area (TPSA) is 33.3 Å². The van der Waals surface area contributed by atoms with Crippen molar-refractivity contribution in [1.29, 1.82) is 0 Å². The van der Waals surface area contributed by atoms with Crippen molar-refractivity contribution in [1.82, 2.24) is 10.6 Å². The van der Waals surface area contributed by atoms with Gasteiger partial charge in [-0.15, -0.1) is 0 Å². The van der Waals surface area contributed by atoms with E-state index in [9.17, 15) is 0 Å². The zero-order chi connectivity index (χ0) is 14.8. The molecule has 3 nitrogen and oxygen atoms in total. The highest BCUT2D eigenvalue weighted by molar-refractivity contribution is 5.01. The number of morpholine rings is 1. The highest BCUT2D eigenvalue weighted by atomic mass is 16.5. The normalized spacial score (nSPS) is 37.5. The Hall–Kier alpha value is -0.120. The highest BCUT2D eigenvalue weighted by Gasteiger charge is 2.47. The lowest BCUT2D eigenvalue weighted by molar-refractivity contribution is -0.197. The van der Waals surface area contributed by atoms with Crippen LogP contribution >= 0.6 is 0 Å². The van der Waals surface area contributed by atoms with Gasteiger partial charge in [-0.25, -0.2) is 0 Å². The van der Waals surface area contributed by atoms with Crippen LogP contribution in [0.25, 0.3) is 0 Å². The van der Waals surface area contributed by atoms with E-state index < -0.39 is 0 Å². The quantitative estimate of drug-likeness (QED) is 0.831. The van der Waals surface area contributed by atoms with E-state index in [0.29, 0.717) is 12.1 Å². The molecule has 1 saturated carbocycles. The maximum Gasteiger partial charge on any atom is 0.0815 e. The van der Waals surface area contributed by atoms with E-state index in [1.807, 2.05) is 0 Å². The molecule has 0 aromatic heterocycles. The molecule has 0 aromatic rings. The molecule has 1 atom stereocenters. The van der Waals surface area contributed by atoms with E-state index in [0.717, 1.165) is 12.5 Å². The number of hydrogen-bond acceptors (Lipinski definition) is 3. The first-order chi connectivity index (χ1) is 9.37. The van der Waals surface area contributed by atoms with Crippen molar-refractivity contribution < 1.29 is 4.74 Å². The summed E-state index contributed by atoms with van der Waals surface area (Å²) in [5, 5.41) is 7.22. The van der Waals surface area contributed by atoms with Crippen molar-refractivity contribution in [2.75, 3.05) is 13.6 Å². The average molecular weight is 282 g/mol. The molecule has 20 heavy (non-hydrogen) atoms. The van der Waals surface area contributed by atoms with E-state index in [1.165, 1.54) is 38.5 Å². The van der Waals surface area contributed by atoms with Gasteiger partial charge in [0.25, 0.3) is 0 Å². The van der Waals surface area contributed by atoms with Crippen LogP contribution in [0.3, 0.4) is 0 Å². The fraction of sp³-hybridized carbons (Fsp3) is 1.00. The molecule has 2 N–H and O–H groups in total. The van der Waals surface area contributed by atoms with Crippen LogP contribution in [0.1, 0.15) is 66.2 Å². The molecule has 0 bridgehead atoms. The van der Waals surface area contributed by atoms with Gasteiger partial charge in [0.2, 0.25) is 0 Å². The molecule has 1 aliphatic heterocycles. The van der Waals surface area contributed by atoms with E-state index in [4.69, 9.17) is 4.74 Å². The van der Waals surface area contributed by atoms with Crippen LogP contribution in [0.15, 0.2) is 0 Å². The third kappa shape index (κ3) is 3.75. The summed E-state index contributed by atoms with van der Waals surface area (Å²) >= 11 is 0. The lowest BCUT2D eigenvalue weighted by Crippen LogP contribution is -2.64. The zero-order valence-electron chi connectivity index (χ0n) is 14.1. The number of nitrogens with one attached hydrogen (secondary N) is 2. The van der Waals surface area contributed by atoms with Crippen LogP contribution in [0.4, 0.5) is 0 Å². The molecule has 1 spiro atoms. The van der Waals surface area contributed by atoms with Crippen LogP contribution in [0.5, 0.6) is 0 Å². The third-order valence-corrected chi connectivity index (χ3v) is 5.33. The Kier molecular flexibility index (Phi) is 5.14. The van der Waals surface area contributed by atoms with Gasteiger partial charge in [-0.2, -0.15) is 0 Å². The third-order valence-electron chi connectivity index (χ3n) is 5.33. The Morgan fingerprint density at radius 2 is 1.90 bits per heavy atom. The Morgan fingerprint density at radius 3 is 2.40 bits per heavy atom. The maximum atomic E-state index is 6.65. The molecule has 1 saturated heterocycles. The fourth-order valence-corrected chi connectivity index (χ4v) is 3.88. The standard InChI is InChI=1S/C17H34N2O/c1-13(2)6-7-15-16(3,4)20-17(12-19-15)10-8-14(18-5)9-11-17/h13-15,18-19H,6-12H2,1-5H3. The van der Waals surface area contributed by atoms with E-state index in [-0.39, 0.29) is 11.2 Å². The van der Waals surface area contributed by atoms with Gasteiger partial charge in [0.05, 0.1) is 11.2 Å². The monoisotopic (exact) mass is 282 g/mol. The van der Waals surface area contributed by atoms with E-state index >= 15 is 0 Å². The van der Waals surface area contributed by atoms with Crippen molar-refractivity contribution in [2.45, 2.75) is 89.5 Å². The number of hydrogen-bond donors (Lipinski definition) is 2. The Labute approximate surface area is 125 Å². The summed E-state index contributed by atoms with van der Waals surface area (Å²) in [6.45, 7) is 10.2. The smallest absolute Gasteiger partial charge is 0.0815 e. The molecular formula is C17H34N2O. The van der Waals surface area contributed by atoms with Crippen LogP contribution < -0.4 is 10.6 Å². The van der Waals surface area contributed by atoms with Crippen LogP contribution in [-0.2, 0) is 4.74 Å².